The van der Waals surface area contributed by atoms with E-state index < -0.39 is 10.0 Å². The number of sulfonamides is 1. The second-order valence-corrected chi connectivity index (χ2v) is 8.97. The van der Waals surface area contributed by atoms with Gasteiger partial charge >= 0.3 is 0 Å². The lowest BCUT2D eigenvalue weighted by atomic mass is 10.1. The molecule has 0 saturated heterocycles. The predicted molar refractivity (Wildman–Crippen MR) is 98.4 cm³/mol. The summed E-state index contributed by atoms with van der Waals surface area (Å²) in [7, 11) is -3.54. The number of hydrogen-bond donors (Lipinski definition) is 1. The number of aromatic nitrogens is 2. The number of fused-ring (bicyclic) bond motifs is 1. The number of thiazole rings is 1. The first-order valence-corrected chi connectivity index (χ1v) is 10.4. The molecular formula is C16H13N3O2S3. The van der Waals surface area contributed by atoms with Gasteiger partial charge in [-0.2, -0.15) is 0 Å². The molecule has 5 nitrogen and oxygen atoms in total. The molecule has 0 fully saturated rings. The largest absolute Gasteiger partial charge is 0.294 e. The van der Waals surface area contributed by atoms with Crippen LogP contribution >= 0.6 is 22.7 Å². The molecule has 1 aromatic carbocycles. The van der Waals surface area contributed by atoms with Gasteiger partial charge in [-0.1, -0.05) is 18.2 Å². The number of hydrogen-bond acceptors (Lipinski definition) is 5. The zero-order valence-corrected chi connectivity index (χ0v) is 15.1. The Morgan fingerprint density at radius 1 is 1.17 bits per heavy atom. The van der Waals surface area contributed by atoms with Gasteiger partial charge in [0.25, 0.3) is 10.0 Å². The normalized spacial score (nSPS) is 11.9. The zero-order valence-electron chi connectivity index (χ0n) is 12.6. The van der Waals surface area contributed by atoms with Crippen molar-refractivity contribution in [2.75, 3.05) is 4.72 Å². The first kappa shape index (κ1) is 15.4. The highest BCUT2D eigenvalue weighted by atomic mass is 32.2. The Kier molecular flexibility index (Phi) is 3.67. The summed E-state index contributed by atoms with van der Waals surface area (Å²) in [5.74, 6) is 0. The second kappa shape index (κ2) is 5.73. The Labute approximate surface area is 147 Å². The van der Waals surface area contributed by atoms with Crippen molar-refractivity contribution in [1.29, 1.82) is 0 Å². The monoisotopic (exact) mass is 375 g/mol. The first-order valence-electron chi connectivity index (χ1n) is 7.13. The molecule has 3 heterocycles. The molecule has 0 amide bonds. The molecule has 24 heavy (non-hydrogen) atoms. The number of thiophene rings is 1. The maximum Gasteiger partial charge on any atom is 0.271 e. The third kappa shape index (κ3) is 2.72. The second-order valence-electron chi connectivity index (χ2n) is 5.27. The molecule has 0 radical (unpaired) electrons. The third-order valence-electron chi connectivity index (χ3n) is 3.56. The summed E-state index contributed by atoms with van der Waals surface area (Å²) in [6.45, 7) is 2.03. The van der Waals surface area contributed by atoms with Gasteiger partial charge < -0.3 is 0 Å². The lowest BCUT2D eigenvalue weighted by Gasteiger charge is -2.07. The van der Waals surface area contributed by atoms with Gasteiger partial charge in [-0.3, -0.25) is 9.12 Å². The number of anilines is 1. The summed E-state index contributed by atoms with van der Waals surface area (Å²) < 4.78 is 29.6. The van der Waals surface area contributed by atoms with E-state index in [1.165, 1.54) is 11.3 Å². The zero-order chi connectivity index (χ0) is 16.7. The van der Waals surface area contributed by atoms with Gasteiger partial charge in [0, 0.05) is 28.5 Å². The van der Waals surface area contributed by atoms with Crippen molar-refractivity contribution in [3.63, 3.8) is 0 Å². The Hall–Kier alpha value is -2.16. The highest BCUT2D eigenvalue weighted by molar-refractivity contribution is 7.94. The van der Waals surface area contributed by atoms with E-state index in [0.717, 1.165) is 21.9 Å². The number of benzene rings is 1. The van der Waals surface area contributed by atoms with E-state index in [2.05, 4.69) is 15.1 Å². The minimum Gasteiger partial charge on any atom is -0.294 e. The fourth-order valence-corrected chi connectivity index (χ4v) is 5.29. The molecule has 4 aromatic rings. The van der Waals surface area contributed by atoms with Crippen LogP contribution in [0.15, 0.2) is 57.6 Å². The summed E-state index contributed by atoms with van der Waals surface area (Å²) in [6, 6.07) is 10.6. The SMILES string of the molecule is Cc1csc2nc(-c3cccc(NS(=O)(=O)c4cccs4)c3)cn12. The summed E-state index contributed by atoms with van der Waals surface area (Å²) >= 11 is 2.77. The highest BCUT2D eigenvalue weighted by Crippen LogP contribution is 2.27. The molecule has 0 bridgehead atoms. The van der Waals surface area contributed by atoms with Crippen LogP contribution < -0.4 is 4.72 Å². The van der Waals surface area contributed by atoms with Gasteiger partial charge in [-0.15, -0.1) is 22.7 Å². The van der Waals surface area contributed by atoms with E-state index in [9.17, 15) is 8.42 Å². The van der Waals surface area contributed by atoms with E-state index in [1.807, 2.05) is 29.7 Å². The number of imidazole rings is 1. The van der Waals surface area contributed by atoms with Crippen LogP contribution in [0, 0.1) is 6.92 Å². The highest BCUT2D eigenvalue weighted by Gasteiger charge is 2.16. The lowest BCUT2D eigenvalue weighted by Crippen LogP contribution is -2.11. The molecule has 122 valence electrons. The van der Waals surface area contributed by atoms with Crippen LogP contribution in [0.3, 0.4) is 0 Å². The minimum atomic E-state index is -3.54. The molecule has 0 saturated carbocycles. The maximum atomic E-state index is 12.3. The van der Waals surface area contributed by atoms with Crippen molar-refractivity contribution in [2.45, 2.75) is 11.1 Å². The number of nitrogens with one attached hydrogen (secondary N) is 1. The Morgan fingerprint density at radius 2 is 2.04 bits per heavy atom. The molecule has 0 aliphatic rings. The molecule has 3 aromatic heterocycles. The van der Waals surface area contributed by atoms with Crippen molar-refractivity contribution >= 4 is 43.3 Å². The Morgan fingerprint density at radius 3 is 2.79 bits per heavy atom. The van der Waals surface area contributed by atoms with E-state index in [1.54, 1.807) is 41.0 Å². The van der Waals surface area contributed by atoms with Gasteiger partial charge in [-0.25, -0.2) is 13.4 Å². The Bertz CT molecular complexity index is 1110. The standard InChI is InChI=1S/C16H13N3O2S3/c1-11-10-23-16-17-14(9-19(11)16)12-4-2-5-13(8-12)18-24(20,21)15-6-3-7-22-15/h2-10,18H,1H3. The molecule has 0 atom stereocenters. The minimum absolute atomic E-state index is 0.297. The van der Waals surface area contributed by atoms with Crippen LogP contribution in [0.2, 0.25) is 0 Å². The van der Waals surface area contributed by atoms with Crippen LogP contribution in [0.25, 0.3) is 16.2 Å². The fraction of sp³-hybridized carbons (Fsp3) is 0.0625. The van der Waals surface area contributed by atoms with Crippen molar-refractivity contribution in [2.24, 2.45) is 0 Å². The van der Waals surface area contributed by atoms with Crippen LogP contribution in [0.4, 0.5) is 5.69 Å². The van der Waals surface area contributed by atoms with Gasteiger partial charge in [0.15, 0.2) is 4.96 Å². The van der Waals surface area contributed by atoms with Gasteiger partial charge in [0.05, 0.1) is 5.69 Å². The van der Waals surface area contributed by atoms with Crippen LogP contribution in [-0.4, -0.2) is 17.8 Å². The van der Waals surface area contributed by atoms with E-state index >= 15 is 0 Å². The van der Waals surface area contributed by atoms with Crippen LogP contribution in [0.5, 0.6) is 0 Å². The lowest BCUT2D eigenvalue weighted by molar-refractivity contribution is 0.603. The van der Waals surface area contributed by atoms with Gasteiger partial charge in [0.2, 0.25) is 0 Å². The molecular weight excluding hydrogens is 362 g/mol. The molecule has 0 aliphatic heterocycles. The number of rotatable bonds is 4. The van der Waals surface area contributed by atoms with E-state index in [0.29, 0.717) is 9.90 Å². The first-order chi connectivity index (χ1) is 11.5. The molecule has 1 N–H and O–H groups in total. The summed E-state index contributed by atoms with van der Waals surface area (Å²) in [4.78, 5) is 5.52. The third-order valence-corrected chi connectivity index (χ3v) is 7.30. The molecule has 4 rings (SSSR count). The van der Waals surface area contributed by atoms with Gasteiger partial charge in [0.1, 0.15) is 4.21 Å². The molecule has 0 spiro atoms. The van der Waals surface area contributed by atoms with E-state index in [-0.39, 0.29) is 0 Å². The smallest absolute Gasteiger partial charge is 0.271 e. The quantitative estimate of drug-likeness (QED) is 0.580. The summed E-state index contributed by atoms with van der Waals surface area (Å²) in [5, 5.41) is 3.79. The van der Waals surface area contributed by atoms with Gasteiger partial charge in [-0.05, 0) is 30.5 Å². The van der Waals surface area contributed by atoms with Crippen LogP contribution in [0.1, 0.15) is 5.69 Å². The van der Waals surface area contributed by atoms with Crippen molar-refractivity contribution in [1.82, 2.24) is 9.38 Å². The molecule has 0 unspecified atom stereocenters. The Balaban J connectivity index is 1.68. The molecule has 8 heteroatoms. The van der Waals surface area contributed by atoms with Crippen molar-refractivity contribution in [3.05, 3.63) is 59.0 Å². The average molecular weight is 376 g/mol. The number of nitrogens with zero attached hydrogens (tertiary/aromatic N) is 2. The number of aryl methyl sites for hydroxylation is 1. The topological polar surface area (TPSA) is 63.5 Å². The summed E-state index contributed by atoms with van der Waals surface area (Å²) in [5.41, 5.74) is 3.34. The maximum absolute atomic E-state index is 12.3. The van der Waals surface area contributed by atoms with Crippen molar-refractivity contribution < 1.29 is 8.42 Å². The van der Waals surface area contributed by atoms with Crippen LogP contribution in [-0.2, 0) is 10.0 Å². The predicted octanol–water partition coefficient (Wildman–Crippen LogP) is 4.23. The summed E-state index contributed by atoms with van der Waals surface area (Å²) in [6.07, 6.45) is 1.97. The average Bonchev–Trinajstić information content (AvgIpc) is 3.26. The molecule has 0 aliphatic carbocycles. The fourth-order valence-electron chi connectivity index (χ4n) is 2.40. The van der Waals surface area contributed by atoms with Crippen molar-refractivity contribution in [3.8, 4) is 11.3 Å². The van der Waals surface area contributed by atoms with E-state index in [4.69, 9.17) is 0 Å².